The fraction of sp³-hybridized carbons (Fsp3) is 0.300. The highest BCUT2D eigenvalue weighted by Crippen LogP contribution is 2.36. The Morgan fingerprint density at radius 1 is 1.27 bits per heavy atom. The number of rotatable bonds is 6. The van der Waals surface area contributed by atoms with Crippen LogP contribution >= 0.6 is 22.9 Å². The van der Waals surface area contributed by atoms with Crippen molar-refractivity contribution in [3.05, 3.63) is 46.9 Å². The molecule has 1 aliphatic carbocycles. The first-order valence-electron chi connectivity index (χ1n) is 10.0. The van der Waals surface area contributed by atoms with E-state index in [0.717, 1.165) is 21.3 Å². The minimum absolute atomic E-state index is 0.267. The SMILES string of the molecule is NS(=O)(=O)OC[C@H]1C[C@@H](Nc2ccnc3cc(-c4csc5ccc(Cl)cc45)nn23)C(O)[C@@H]1O. The van der Waals surface area contributed by atoms with Crippen molar-refractivity contribution in [1.29, 1.82) is 0 Å². The first kappa shape index (κ1) is 22.5. The maximum Gasteiger partial charge on any atom is 0.333 e. The van der Waals surface area contributed by atoms with Crippen molar-refractivity contribution in [2.75, 3.05) is 11.9 Å². The van der Waals surface area contributed by atoms with Crippen LogP contribution in [0.3, 0.4) is 0 Å². The summed E-state index contributed by atoms with van der Waals surface area (Å²) < 4.78 is 29.4. The van der Waals surface area contributed by atoms with Crippen LogP contribution in [0.15, 0.2) is 41.9 Å². The summed E-state index contributed by atoms with van der Waals surface area (Å²) in [4.78, 5) is 4.38. The summed E-state index contributed by atoms with van der Waals surface area (Å²) in [6, 6.07) is 8.72. The Labute approximate surface area is 197 Å². The lowest BCUT2D eigenvalue weighted by atomic mass is 10.1. The number of nitrogens with two attached hydrogens (primary N) is 1. The normalized spacial score (nSPS) is 23.5. The Bertz CT molecular complexity index is 1440. The number of halogens is 1. The van der Waals surface area contributed by atoms with Gasteiger partial charge in [0.1, 0.15) is 11.9 Å². The molecular formula is C20H20ClN5O5S2. The molecule has 13 heteroatoms. The van der Waals surface area contributed by atoms with Gasteiger partial charge in [0.25, 0.3) is 0 Å². The van der Waals surface area contributed by atoms with Gasteiger partial charge in [0.2, 0.25) is 0 Å². The van der Waals surface area contributed by atoms with Crippen molar-refractivity contribution in [3.63, 3.8) is 0 Å². The Morgan fingerprint density at radius 2 is 2.09 bits per heavy atom. The van der Waals surface area contributed by atoms with E-state index in [0.29, 0.717) is 16.5 Å². The molecule has 4 aromatic rings. The molecule has 0 aliphatic heterocycles. The second-order valence-corrected chi connectivity index (χ2v) is 10.5. The number of nitrogens with zero attached hydrogens (tertiary/aromatic N) is 3. The van der Waals surface area contributed by atoms with Crippen LogP contribution in [0, 0.1) is 5.92 Å². The van der Waals surface area contributed by atoms with Crippen LogP contribution in [0.25, 0.3) is 27.0 Å². The number of thiophene rings is 1. The fourth-order valence-electron chi connectivity index (χ4n) is 4.14. The van der Waals surface area contributed by atoms with Gasteiger partial charge in [-0.15, -0.1) is 11.3 Å². The Hall–Kier alpha value is -2.32. The predicted octanol–water partition coefficient (Wildman–Crippen LogP) is 2.01. The number of hydrogen-bond acceptors (Lipinski definition) is 9. The highest BCUT2D eigenvalue weighted by molar-refractivity contribution is 7.84. The van der Waals surface area contributed by atoms with Crippen molar-refractivity contribution >= 4 is 54.8 Å². The summed E-state index contributed by atoms with van der Waals surface area (Å²) in [5, 5.41) is 37.2. The lowest BCUT2D eigenvalue weighted by Crippen LogP contribution is -2.36. The van der Waals surface area contributed by atoms with Gasteiger partial charge < -0.3 is 15.5 Å². The van der Waals surface area contributed by atoms with Crippen LogP contribution < -0.4 is 10.5 Å². The first-order valence-corrected chi connectivity index (χ1v) is 12.7. The van der Waals surface area contributed by atoms with E-state index in [9.17, 15) is 18.6 Å². The van der Waals surface area contributed by atoms with Crippen LogP contribution in [0.4, 0.5) is 5.82 Å². The number of nitrogens with one attached hydrogen (secondary N) is 1. The van der Waals surface area contributed by atoms with Gasteiger partial charge in [0, 0.05) is 44.2 Å². The van der Waals surface area contributed by atoms with Crippen LogP contribution in [-0.2, 0) is 14.5 Å². The summed E-state index contributed by atoms with van der Waals surface area (Å²) in [6.07, 6.45) is -0.425. The van der Waals surface area contributed by atoms with Crippen molar-refractivity contribution in [3.8, 4) is 11.3 Å². The van der Waals surface area contributed by atoms with E-state index in [1.807, 2.05) is 29.6 Å². The molecule has 0 saturated heterocycles. The molecule has 1 aliphatic rings. The molecule has 5 rings (SSSR count). The van der Waals surface area contributed by atoms with E-state index in [4.69, 9.17) is 21.8 Å². The molecule has 4 atom stereocenters. The number of fused-ring (bicyclic) bond motifs is 2. The van der Waals surface area contributed by atoms with Gasteiger partial charge in [-0.1, -0.05) is 11.6 Å². The van der Waals surface area contributed by atoms with Crippen LogP contribution in [-0.4, -0.2) is 58.1 Å². The molecule has 174 valence electrons. The maximum atomic E-state index is 11.1. The molecule has 10 nitrogen and oxygen atoms in total. The monoisotopic (exact) mass is 509 g/mol. The molecule has 33 heavy (non-hydrogen) atoms. The Kier molecular flexibility index (Phi) is 5.77. The van der Waals surface area contributed by atoms with E-state index in [2.05, 4.69) is 14.5 Å². The van der Waals surface area contributed by atoms with Gasteiger partial charge in [-0.25, -0.2) is 10.1 Å². The van der Waals surface area contributed by atoms with Crippen molar-refractivity contribution in [2.24, 2.45) is 11.1 Å². The third-order valence-corrected chi connectivity index (χ3v) is 7.41. The molecule has 3 aromatic heterocycles. The van der Waals surface area contributed by atoms with E-state index < -0.39 is 34.5 Å². The van der Waals surface area contributed by atoms with Gasteiger partial charge in [0.05, 0.1) is 24.4 Å². The summed E-state index contributed by atoms with van der Waals surface area (Å²) in [7, 11) is -4.14. The third kappa shape index (κ3) is 4.43. The van der Waals surface area contributed by atoms with E-state index in [1.165, 1.54) is 0 Å². The van der Waals surface area contributed by atoms with Crippen LogP contribution in [0.5, 0.6) is 0 Å². The van der Waals surface area contributed by atoms with Gasteiger partial charge >= 0.3 is 10.3 Å². The molecule has 0 radical (unpaired) electrons. The van der Waals surface area contributed by atoms with Crippen LogP contribution in [0.2, 0.25) is 5.02 Å². The summed E-state index contributed by atoms with van der Waals surface area (Å²) in [5.41, 5.74) is 2.25. The highest BCUT2D eigenvalue weighted by Gasteiger charge is 2.42. The van der Waals surface area contributed by atoms with E-state index in [-0.39, 0.29) is 13.0 Å². The Balaban J connectivity index is 1.43. The minimum atomic E-state index is -4.14. The molecule has 1 aromatic carbocycles. The largest absolute Gasteiger partial charge is 0.390 e. The molecule has 1 unspecified atom stereocenters. The number of anilines is 1. The first-order chi connectivity index (χ1) is 15.7. The lowest BCUT2D eigenvalue weighted by Gasteiger charge is -2.19. The zero-order valence-electron chi connectivity index (χ0n) is 17.0. The molecule has 1 saturated carbocycles. The smallest absolute Gasteiger partial charge is 0.333 e. The van der Waals surface area contributed by atoms with Gasteiger partial charge in [-0.3, -0.25) is 4.18 Å². The Morgan fingerprint density at radius 3 is 2.88 bits per heavy atom. The molecule has 0 spiro atoms. The zero-order chi connectivity index (χ0) is 23.3. The molecule has 0 bridgehead atoms. The average molecular weight is 510 g/mol. The van der Waals surface area contributed by atoms with Gasteiger partial charge in [-0.05, 0) is 30.7 Å². The number of aliphatic hydroxyl groups is 2. The van der Waals surface area contributed by atoms with Crippen LogP contribution in [0.1, 0.15) is 6.42 Å². The summed E-state index contributed by atoms with van der Waals surface area (Å²) in [6.45, 7) is -0.319. The molecule has 1 fully saturated rings. The fourth-order valence-corrected chi connectivity index (χ4v) is 5.61. The third-order valence-electron chi connectivity index (χ3n) is 5.75. The topological polar surface area (TPSA) is 152 Å². The second-order valence-electron chi connectivity index (χ2n) is 7.92. The average Bonchev–Trinajstić information content (AvgIpc) is 3.44. The van der Waals surface area contributed by atoms with Gasteiger partial charge in [0.15, 0.2) is 5.65 Å². The van der Waals surface area contributed by atoms with E-state index in [1.54, 1.807) is 28.1 Å². The number of aliphatic hydroxyl groups excluding tert-OH is 2. The van der Waals surface area contributed by atoms with Crippen molar-refractivity contribution in [2.45, 2.75) is 24.7 Å². The molecule has 5 N–H and O–H groups in total. The zero-order valence-corrected chi connectivity index (χ0v) is 19.4. The number of aromatic nitrogens is 3. The quantitative estimate of drug-likeness (QED) is 0.308. The number of hydrogen-bond donors (Lipinski definition) is 4. The standard InChI is InChI=1S/C20H20ClN5O5S2/c21-11-1-2-16-12(6-11)13(9-32-16)14-7-18-23-4-3-17(26(18)25-14)24-15-5-10(19(27)20(15)28)8-31-33(22,29)30/h1-4,6-7,9-10,15,19-20,24,27-28H,5,8H2,(H2,22,29,30)/t10-,15-,19-,20?/m1/s1. The summed E-state index contributed by atoms with van der Waals surface area (Å²) in [5.74, 6) is -0.0451. The number of benzene rings is 1. The second kappa shape index (κ2) is 8.47. The van der Waals surface area contributed by atoms with Crippen molar-refractivity contribution < 1.29 is 22.8 Å². The van der Waals surface area contributed by atoms with Crippen molar-refractivity contribution in [1.82, 2.24) is 14.6 Å². The molecule has 0 amide bonds. The maximum absolute atomic E-state index is 11.1. The predicted molar refractivity (Wildman–Crippen MR) is 125 cm³/mol. The van der Waals surface area contributed by atoms with E-state index >= 15 is 0 Å². The lowest BCUT2D eigenvalue weighted by molar-refractivity contribution is 0.00777. The highest BCUT2D eigenvalue weighted by atomic mass is 35.5. The molecule has 3 heterocycles. The summed E-state index contributed by atoms with van der Waals surface area (Å²) >= 11 is 7.78. The minimum Gasteiger partial charge on any atom is -0.390 e. The molecular weight excluding hydrogens is 490 g/mol. The van der Waals surface area contributed by atoms with Gasteiger partial charge in [-0.2, -0.15) is 18.0 Å².